The maximum Gasteiger partial charge on any atom is 0.251 e. The van der Waals surface area contributed by atoms with Crippen LogP contribution < -0.4 is 9.80 Å². The van der Waals surface area contributed by atoms with Crippen molar-refractivity contribution in [2.45, 2.75) is 39.5 Å². The Hall–Kier alpha value is -3.53. The van der Waals surface area contributed by atoms with E-state index in [0.29, 0.717) is 21.6 Å². The Morgan fingerprint density at radius 3 is 1.51 bits per heavy atom. The van der Waals surface area contributed by atoms with Gasteiger partial charge in [0, 0.05) is 66.5 Å². The van der Waals surface area contributed by atoms with Gasteiger partial charge in [0.15, 0.2) is 0 Å². The molecule has 6 rings (SSSR count). The molecule has 0 saturated carbocycles. The fourth-order valence-electron chi connectivity index (χ4n) is 4.80. The molecule has 15 heteroatoms. The number of aromatic hydroxyl groups is 2. The Balaban J connectivity index is 0.000000184. The summed E-state index contributed by atoms with van der Waals surface area (Å²) in [6.45, 7) is 8.20. The molecule has 0 bridgehead atoms. The van der Waals surface area contributed by atoms with Crippen molar-refractivity contribution in [2.24, 2.45) is 20.5 Å². The van der Waals surface area contributed by atoms with Gasteiger partial charge in [-0.25, -0.2) is 0 Å². The number of benzene rings is 2. The third-order valence-corrected chi connectivity index (χ3v) is 7.88. The normalized spacial score (nSPS) is 14.4. The molecular weight excluding hydrogens is 607 g/mol. The van der Waals surface area contributed by atoms with Crippen LogP contribution >= 0.6 is 22.7 Å². The first kappa shape index (κ1) is 30.4. The van der Waals surface area contributed by atoms with Crippen molar-refractivity contribution in [1.82, 2.24) is 20.4 Å². The third-order valence-electron chi connectivity index (χ3n) is 6.73. The van der Waals surface area contributed by atoms with E-state index in [9.17, 15) is 10.2 Å². The van der Waals surface area contributed by atoms with E-state index < -0.39 is 0 Å². The summed E-state index contributed by atoms with van der Waals surface area (Å²) in [7, 11) is 0. The molecule has 12 nitrogen and oxygen atoms in total. The van der Waals surface area contributed by atoms with E-state index in [1.54, 1.807) is 23.2 Å². The Bertz CT molecular complexity index is 1370. The average Bonchev–Trinajstić information content (AvgIpc) is 3.69. The molecule has 0 spiro atoms. The summed E-state index contributed by atoms with van der Waals surface area (Å²) in [6, 6.07) is 7.40. The zero-order valence-electron chi connectivity index (χ0n) is 22.6. The van der Waals surface area contributed by atoms with Crippen molar-refractivity contribution in [3.63, 3.8) is 0 Å². The van der Waals surface area contributed by atoms with Crippen molar-refractivity contribution >= 4 is 55.7 Å². The standard InChI is InChI=1S/2C13H15N5OS.Co/c2*1-2-18-5-3-4-9-6-10(12(19)7-11(9)18)15-17-13-16-14-8-20-13;/h2*6-8,19H,2-5H2,1H3;. The van der Waals surface area contributed by atoms with Gasteiger partial charge in [0.1, 0.15) is 33.9 Å². The van der Waals surface area contributed by atoms with Gasteiger partial charge < -0.3 is 20.0 Å². The summed E-state index contributed by atoms with van der Waals surface area (Å²) >= 11 is 2.62. The van der Waals surface area contributed by atoms with Crippen LogP contribution in [-0.4, -0.2) is 56.8 Å². The van der Waals surface area contributed by atoms with Gasteiger partial charge in [-0.05, 0) is 62.8 Å². The van der Waals surface area contributed by atoms with E-state index in [1.807, 2.05) is 12.1 Å². The van der Waals surface area contributed by atoms with Gasteiger partial charge in [0.2, 0.25) is 0 Å². The van der Waals surface area contributed by atoms with Crippen molar-refractivity contribution in [2.75, 3.05) is 36.0 Å². The molecule has 0 saturated heterocycles. The van der Waals surface area contributed by atoms with Crippen molar-refractivity contribution in [3.8, 4) is 11.5 Å². The number of nitrogens with zero attached hydrogens (tertiary/aromatic N) is 10. The Morgan fingerprint density at radius 1 is 0.707 bits per heavy atom. The number of aryl methyl sites for hydroxylation is 2. The molecule has 2 aromatic heterocycles. The molecule has 2 aliphatic rings. The number of fused-ring (bicyclic) bond motifs is 2. The first-order valence-electron chi connectivity index (χ1n) is 13.1. The second-order valence-corrected chi connectivity index (χ2v) is 10.8. The van der Waals surface area contributed by atoms with Crippen LogP contribution in [0.25, 0.3) is 0 Å². The van der Waals surface area contributed by atoms with E-state index in [-0.39, 0.29) is 28.3 Å². The molecule has 2 aliphatic heterocycles. The summed E-state index contributed by atoms with van der Waals surface area (Å²) in [6.07, 6.45) is 4.26. The maximum absolute atomic E-state index is 10.1. The van der Waals surface area contributed by atoms with Crippen LogP contribution in [0, 0.1) is 0 Å². The van der Waals surface area contributed by atoms with Gasteiger partial charge >= 0.3 is 0 Å². The predicted octanol–water partition coefficient (Wildman–Crippen LogP) is 6.86. The van der Waals surface area contributed by atoms with Crippen molar-refractivity contribution < 1.29 is 27.0 Å². The minimum atomic E-state index is 0. The van der Waals surface area contributed by atoms with E-state index >= 15 is 0 Å². The largest absolute Gasteiger partial charge is 0.506 e. The molecule has 0 unspecified atom stereocenters. The van der Waals surface area contributed by atoms with E-state index in [4.69, 9.17) is 0 Å². The molecule has 2 N–H and O–H groups in total. The molecule has 0 amide bonds. The first-order valence-corrected chi connectivity index (χ1v) is 14.9. The summed E-state index contributed by atoms with van der Waals surface area (Å²) in [4.78, 5) is 4.54. The zero-order valence-corrected chi connectivity index (χ0v) is 25.3. The van der Waals surface area contributed by atoms with Crippen LogP contribution in [0.4, 0.5) is 33.0 Å². The first-order chi connectivity index (χ1) is 19.6. The van der Waals surface area contributed by atoms with Gasteiger partial charge in [0.25, 0.3) is 10.3 Å². The van der Waals surface area contributed by atoms with Crippen LogP contribution in [0.5, 0.6) is 11.5 Å². The van der Waals surface area contributed by atoms with Crippen LogP contribution in [0.15, 0.2) is 55.7 Å². The van der Waals surface area contributed by atoms with Gasteiger partial charge in [-0.15, -0.1) is 40.9 Å². The van der Waals surface area contributed by atoms with E-state index in [1.165, 1.54) is 33.8 Å². The molecule has 4 aromatic rings. The second-order valence-electron chi connectivity index (χ2n) is 9.15. The number of hydrogen-bond donors (Lipinski definition) is 2. The van der Waals surface area contributed by atoms with E-state index in [0.717, 1.165) is 63.2 Å². The summed E-state index contributed by atoms with van der Waals surface area (Å²) < 4.78 is 0. The van der Waals surface area contributed by atoms with Gasteiger partial charge in [-0.3, -0.25) is 0 Å². The van der Waals surface area contributed by atoms with Crippen LogP contribution in [0.2, 0.25) is 0 Å². The van der Waals surface area contributed by atoms with Crippen LogP contribution in [0.3, 0.4) is 0 Å². The zero-order chi connectivity index (χ0) is 27.9. The second kappa shape index (κ2) is 14.4. The summed E-state index contributed by atoms with van der Waals surface area (Å²) in [5.41, 5.74) is 8.79. The quantitative estimate of drug-likeness (QED) is 0.218. The van der Waals surface area contributed by atoms with Crippen molar-refractivity contribution in [1.29, 1.82) is 0 Å². The predicted molar refractivity (Wildman–Crippen MR) is 157 cm³/mol. The van der Waals surface area contributed by atoms with Gasteiger partial charge in [-0.1, -0.05) is 22.7 Å². The third kappa shape index (κ3) is 7.41. The van der Waals surface area contributed by atoms with Crippen molar-refractivity contribution in [3.05, 3.63) is 46.4 Å². The van der Waals surface area contributed by atoms with E-state index in [2.05, 4.69) is 64.5 Å². The maximum atomic E-state index is 10.1. The summed E-state index contributed by atoms with van der Waals surface area (Å²) in [5.74, 6) is 0.301. The summed E-state index contributed by atoms with van der Waals surface area (Å²) in [5, 5.41) is 52.2. The molecule has 1 radical (unpaired) electrons. The molecule has 4 heterocycles. The van der Waals surface area contributed by atoms with Crippen LogP contribution in [-0.2, 0) is 29.6 Å². The molecule has 41 heavy (non-hydrogen) atoms. The fraction of sp³-hybridized carbons (Fsp3) is 0.385. The average molecular weight is 638 g/mol. The smallest absolute Gasteiger partial charge is 0.251 e. The number of azo groups is 2. The number of rotatable bonds is 6. The minimum Gasteiger partial charge on any atom is -0.506 e. The molecule has 217 valence electrons. The van der Waals surface area contributed by atoms with Gasteiger partial charge in [0.05, 0.1) is 0 Å². The topological polar surface area (TPSA) is 148 Å². The number of anilines is 2. The Labute approximate surface area is 256 Å². The number of aromatic nitrogens is 4. The molecule has 0 fully saturated rings. The Kier molecular flexibility index (Phi) is 10.7. The van der Waals surface area contributed by atoms with Gasteiger partial charge in [-0.2, -0.15) is 0 Å². The number of phenolic OH excluding ortho intramolecular Hbond substituents is 2. The van der Waals surface area contributed by atoms with Crippen LogP contribution in [0.1, 0.15) is 37.8 Å². The monoisotopic (exact) mass is 637 g/mol. The molecular formula is C26H30CoN10O2S2. The molecule has 0 atom stereocenters. The number of hydrogen-bond acceptors (Lipinski definition) is 14. The minimum absolute atomic E-state index is 0. The molecule has 0 aliphatic carbocycles. The number of phenols is 2. The molecule has 2 aromatic carbocycles. The fourth-order valence-corrected chi connectivity index (χ4v) is 5.54. The SMILES string of the molecule is CCN1CCCc2cc(N=Nc3nncs3)c(O)cc21.CCN1CCCc2cc(N=Nc3nncs3)c(O)cc21.[Co]. The Morgan fingerprint density at radius 2 is 1.15 bits per heavy atom.